The standard InChI is InChI=1S/C52H36N2/c1-53-49-31-48-46-26-22-42-30-36(14-12-34-16-20-38-8-4-6-10-40(38)28-34)18-24-44(42)52(46)54(2)50(48)32-47(49)45-25-21-41-29-35(17-23-43(41)51(45)53)13-11-33-15-19-37-7-3-5-9-39(37)27-33/h3-32H,1-2H3/b13-11+,14-12+. The summed E-state index contributed by atoms with van der Waals surface area (Å²) >= 11 is 0. The van der Waals surface area contributed by atoms with E-state index in [-0.39, 0.29) is 0 Å². The molecule has 0 N–H and O–H groups in total. The fourth-order valence-corrected chi connectivity index (χ4v) is 8.84. The zero-order valence-electron chi connectivity index (χ0n) is 30.2. The van der Waals surface area contributed by atoms with E-state index in [0.29, 0.717) is 0 Å². The highest BCUT2D eigenvalue weighted by Gasteiger charge is 2.17. The van der Waals surface area contributed by atoms with Gasteiger partial charge < -0.3 is 9.13 Å². The van der Waals surface area contributed by atoms with Gasteiger partial charge in [0.05, 0.1) is 11.0 Å². The van der Waals surface area contributed by atoms with E-state index in [2.05, 4.69) is 205 Å². The molecule has 9 aromatic carbocycles. The van der Waals surface area contributed by atoms with Crippen molar-refractivity contribution in [3.63, 3.8) is 0 Å². The molecule has 11 aromatic rings. The van der Waals surface area contributed by atoms with Gasteiger partial charge in [0, 0.05) is 57.4 Å². The molecular formula is C52H36N2. The number of rotatable bonds is 4. The average molecular weight is 689 g/mol. The first-order valence-electron chi connectivity index (χ1n) is 18.7. The summed E-state index contributed by atoms with van der Waals surface area (Å²) in [5.74, 6) is 0. The summed E-state index contributed by atoms with van der Waals surface area (Å²) in [4.78, 5) is 0. The number of fused-ring (bicyclic) bond motifs is 12. The Morgan fingerprint density at radius 1 is 0.296 bits per heavy atom. The Balaban J connectivity index is 0.969. The molecule has 2 heteroatoms. The number of nitrogens with zero attached hydrogens (tertiary/aromatic N) is 2. The first-order chi connectivity index (χ1) is 26.6. The van der Waals surface area contributed by atoms with Gasteiger partial charge >= 0.3 is 0 Å². The Morgan fingerprint density at radius 3 is 1.06 bits per heavy atom. The average Bonchev–Trinajstić information content (AvgIpc) is 3.67. The lowest BCUT2D eigenvalue weighted by molar-refractivity contribution is 1.01. The summed E-state index contributed by atoms with van der Waals surface area (Å²) in [5, 5.41) is 15.3. The molecule has 11 rings (SSSR count). The molecule has 2 heterocycles. The minimum Gasteiger partial charge on any atom is -0.343 e. The van der Waals surface area contributed by atoms with Crippen LogP contribution in [0.15, 0.2) is 158 Å². The van der Waals surface area contributed by atoms with E-state index in [0.717, 1.165) is 0 Å². The molecule has 0 saturated carbocycles. The smallest absolute Gasteiger partial charge is 0.0568 e. The van der Waals surface area contributed by atoms with Crippen molar-refractivity contribution >= 4 is 111 Å². The Bertz CT molecular complexity index is 3170. The third-order valence-electron chi connectivity index (χ3n) is 11.6. The highest BCUT2D eigenvalue weighted by atomic mass is 15.0. The van der Waals surface area contributed by atoms with Gasteiger partial charge in [0.2, 0.25) is 0 Å². The summed E-state index contributed by atoms with van der Waals surface area (Å²) in [6, 6.07) is 58.1. The van der Waals surface area contributed by atoms with E-state index in [4.69, 9.17) is 0 Å². The number of hydrogen-bond acceptors (Lipinski definition) is 0. The quantitative estimate of drug-likeness (QED) is 0.163. The van der Waals surface area contributed by atoms with Gasteiger partial charge in [0.1, 0.15) is 0 Å². The van der Waals surface area contributed by atoms with E-state index in [1.807, 2.05) is 0 Å². The van der Waals surface area contributed by atoms with Crippen LogP contribution in [0.25, 0.3) is 111 Å². The Kier molecular flexibility index (Phi) is 6.72. The lowest BCUT2D eigenvalue weighted by Gasteiger charge is -2.05. The van der Waals surface area contributed by atoms with Crippen molar-refractivity contribution in [2.75, 3.05) is 0 Å². The summed E-state index contributed by atoms with van der Waals surface area (Å²) in [7, 11) is 4.44. The van der Waals surface area contributed by atoms with E-state index in [9.17, 15) is 0 Å². The maximum atomic E-state index is 2.41. The molecule has 0 bridgehead atoms. The largest absolute Gasteiger partial charge is 0.343 e. The van der Waals surface area contributed by atoms with Crippen molar-refractivity contribution in [3.8, 4) is 0 Å². The van der Waals surface area contributed by atoms with Crippen LogP contribution in [0, 0.1) is 0 Å². The first-order valence-corrected chi connectivity index (χ1v) is 18.7. The van der Waals surface area contributed by atoms with Crippen LogP contribution in [0.4, 0.5) is 0 Å². The molecule has 2 nitrogen and oxygen atoms in total. The molecule has 0 aliphatic carbocycles. The molecule has 0 saturated heterocycles. The predicted octanol–water partition coefficient (Wildman–Crippen LogP) is 13.9. The van der Waals surface area contributed by atoms with Crippen molar-refractivity contribution in [2.24, 2.45) is 14.1 Å². The van der Waals surface area contributed by atoms with E-state index < -0.39 is 0 Å². The topological polar surface area (TPSA) is 9.86 Å². The van der Waals surface area contributed by atoms with Gasteiger partial charge in [-0.1, -0.05) is 146 Å². The summed E-state index contributed by atoms with van der Waals surface area (Å²) < 4.78 is 4.79. The number of aryl methyl sites for hydroxylation is 2. The zero-order chi connectivity index (χ0) is 35.9. The van der Waals surface area contributed by atoms with Crippen LogP contribution < -0.4 is 0 Å². The fourth-order valence-electron chi connectivity index (χ4n) is 8.84. The molecule has 0 aliphatic heterocycles. The van der Waals surface area contributed by atoms with E-state index in [1.54, 1.807) is 0 Å². The number of aromatic nitrogens is 2. The Morgan fingerprint density at radius 2 is 0.630 bits per heavy atom. The number of benzene rings is 9. The van der Waals surface area contributed by atoms with Crippen LogP contribution >= 0.6 is 0 Å². The van der Waals surface area contributed by atoms with Gasteiger partial charge in [0.15, 0.2) is 0 Å². The second-order valence-electron chi connectivity index (χ2n) is 14.8. The van der Waals surface area contributed by atoms with Crippen molar-refractivity contribution < 1.29 is 0 Å². The SMILES string of the molecule is Cn1c2cc3c4ccc5cc(/C=C/c6ccc7ccccc7c6)ccc5c4n(C)c3cc2c2ccc3cc(/C=C/c4ccc5ccccc5c4)ccc3c21. The third kappa shape index (κ3) is 4.81. The highest BCUT2D eigenvalue weighted by molar-refractivity contribution is 6.24. The molecule has 2 aromatic heterocycles. The minimum absolute atomic E-state index is 1.20. The molecule has 54 heavy (non-hydrogen) atoms. The van der Waals surface area contributed by atoms with Crippen LogP contribution in [0.1, 0.15) is 22.3 Å². The van der Waals surface area contributed by atoms with Crippen LogP contribution in [-0.4, -0.2) is 9.13 Å². The van der Waals surface area contributed by atoms with Gasteiger partial charge in [-0.25, -0.2) is 0 Å². The number of hydrogen-bond donors (Lipinski definition) is 0. The maximum absolute atomic E-state index is 2.41. The van der Waals surface area contributed by atoms with Crippen molar-refractivity contribution in [2.45, 2.75) is 0 Å². The van der Waals surface area contributed by atoms with Crippen molar-refractivity contribution in [1.29, 1.82) is 0 Å². The van der Waals surface area contributed by atoms with Crippen molar-refractivity contribution in [3.05, 3.63) is 180 Å². The van der Waals surface area contributed by atoms with Crippen LogP contribution in [0.2, 0.25) is 0 Å². The van der Waals surface area contributed by atoms with Gasteiger partial charge in [-0.05, 0) is 91.0 Å². The van der Waals surface area contributed by atoms with Gasteiger partial charge in [-0.15, -0.1) is 0 Å². The second kappa shape index (κ2) is 11.8. The van der Waals surface area contributed by atoms with Crippen LogP contribution in [0.3, 0.4) is 0 Å². The lowest BCUT2D eigenvalue weighted by Crippen LogP contribution is -1.89. The maximum Gasteiger partial charge on any atom is 0.0568 e. The van der Waals surface area contributed by atoms with E-state index >= 15 is 0 Å². The molecule has 0 radical (unpaired) electrons. The molecular weight excluding hydrogens is 653 g/mol. The van der Waals surface area contributed by atoms with Gasteiger partial charge in [-0.2, -0.15) is 0 Å². The molecule has 0 atom stereocenters. The minimum atomic E-state index is 1.20. The molecule has 0 unspecified atom stereocenters. The molecule has 254 valence electrons. The molecule has 0 aliphatic rings. The zero-order valence-corrected chi connectivity index (χ0v) is 30.2. The lowest BCUT2D eigenvalue weighted by atomic mass is 10.0. The van der Waals surface area contributed by atoms with Gasteiger partial charge in [0.25, 0.3) is 0 Å². The Labute approximate surface area is 313 Å². The summed E-state index contributed by atoms with van der Waals surface area (Å²) in [5.41, 5.74) is 9.89. The first kappa shape index (κ1) is 30.7. The second-order valence-corrected chi connectivity index (χ2v) is 14.8. The summed E-state index contributed by atoms with van der Waals surface area (Å²) in [6.07, 6.45) is 8.87. The van der Waals surface area contributed by atoms with Crippen LogP contribution in [-0.2, 0) is 14.1 Å². The fraction of sp³-hybridized carbons (Fsp3) is 0.0385. The molecule has 0 spiro atoms. The predicted molar refractivity (Wildman–Crippen MR) is 235 cm³/mol. The molecule has 0 fully saturated rings. The van der Waals surface area contributed by atoms with Crippen LogP contribution in [0.5, 0.6) is 0 Å². The van der Waals surface area contributed by atoms with Crippen molar-refractivity contribution in [1.82, 2.24) is 9.13 Å². The third-order valence-corrected chi connectivity index (χ3v) is 11.6. The van der Waals surface area contributed by atoms with Gasteiger partial charge in [-0.3, -0.25) is 0 Å². The normalized spacial score (nSPS) is 12.5. The molecule has 0 amide bonds. The monoisotopic (exact) mass is 688 g/mol. The van der Waals surface area contributed by atoms with E-state index in [1.165, 1.54) is 109 Å². The summed E-state index contributed by atoms with van der Waals surface area (Å²) in [6.45, 7) is 0. The Hall–Kier alpha value is -6.90. The highest BCUT2D eigenvalue weighted by Crippen LogP contribution is 2.40.